The van der Waals surface area contributed by atoms with Crippen LogP contribution in [0.25, 0.3) is 0 Å². The van der Waals surface area contributed by atoms with Crippen LogP contribution in [0.2, 0.25) is 0 Å². The third-order valence-corrected chi connectivity index (χ3v) is 3.05. The number of thioether (sulfide) groups is 1. The highest BCUT2D eigenvalue weighted by atomic mass is 32.2. The van der Waals surface area contributed by atoms with Gasteiger partial charge >= 0.3 is 0 Å². The van der Waals surface area contributed by atoms with Crippen LogP contribution in [0.5, 0.6) is 0 Å². The quantitative estimate of drug-likeness (QED) is 0.488. The summed E-state index contributed by atoms with van der Waals surface area (Å²) >= 11 is 1.81. The lowest BCUT2D eigenvalue weighted by molar-refractivity contribution is -0.122. The average Bonchev–Trinajstić information content (AvgIpc) is 2.15. The number of carbonyl (C=O) groups excluding carboxylic acids is 1. The predicted molar refractivity (Wildman–Crippen MR) is 48.2 cm³/mol. The van der Waals surface area contributed by atoms with Gasteiger partial charge in [0.2, 0.25) is 0 Å². The zero-order valence-corrected chi connectivity index (χ0v) is 8.01. The number of rotatable bonds is 4. The van der Waals surface area contributed by atoms with Crippen LogP contribution < -0.4 is 0 Å². The van der Waals surface area contributed by atoms with Crippen molar-refractivity contribution in [3.63, 3.8) is 0 Å². The average molecular weight is 190 g/mol. The van der Waals surface area contributed by atoms with E-state index in [1.54, 1.807) is 7.11 Å². The first-order valence-electron chi connectivity index (χ1n) is 4.02. The van der Waals surface area contributed by atoms with Crippen molar-refractivity contribution in [3.05, 3.63) is 0 Å². The van der Waals surface area contributed by atoms with Crippen molar-refractivity contribution in [1.82, 2.24) is 0 Å². The molecule has 0 aromatic carbocycles. The molecule has 0 aromatic rings. The first-order chi connectivity index (χ1) is 5.88. The highest BCUT2D eigenvalue weighted by Gasteiger charge is 2.25. The van der Waals surface area contributed by atoms with E-state index in [1.807, 2.05) is 11.8 Å². The number of ether oxygens (including phenoxy) is 2. The second-order valence-electron chi connectivity index (χ2n) is 2.78. The third-order valence-electron chi connectivity index (χ3n) is 1.91. The molecule has 0 radical (unpaired) electrons. The van der Waals surface area contributed by atoms with Gasteiger partial charge in [-0.15, -0.1) is 0 Å². The van der Waals surface area contributed by atoms with Crippen LogP contribution in [-0.2, 0) is 14.3 Å². The fourth-order valence-electron chi connectivity index (χ4n) is 1.23. The number of hydrogen-bond acceptors (Lipinski definition) is 4. The monoisotopic (exact) mass is 190 g/mol. The van der Waals surface area contributed by atoms with E-state index < -0.39 is 0 Å². The van der Waals surface area contributed by atoms with Crippen LogP contribution in [0.3, 0.4) is 0 Å². The van der Waals surface area contributed by atoms with Gasteiger partial charge in [0.05, 0.1) is 12.0 Å². The maximum atomic E-state index is 10.6. The Bertz CT molecular complexity index is 140. The lowest BCUT2D eigenvalue weighted by Gasteiger charge is -2.26. The molecular formula is C8H14O3S. The fourth-order valence-corrected chi connectivity index (χ4v) is 2.36. The number of hydrogen-bond donors (Lipinski definition) is 0. The zero-order valence-electron chi connectivity index (χ0n) is 7.19. The molecule has 0 N–H and O–H groups in total. The Morgan fingerprint density at radius 2 is 2.50 bits per heavy atom. The van der Waals surface area contributed by atoms with E-state index in [0.29, 0.717) is 6.79 Å². The van der Waals surface area contributed by atoms with Crippen LogP contribution in [0.4, 0.5) is 0 Å². The van der Waals surface area contributed by atoms with Crippen LogP contribution in [0.15, 0.2) is 0 Å². The summed E-state index contributed by atoms with van der Waals surface area (Å²) in [5.41, 5.74) is 0. The van der Waals surface area contributed by atoms with Crippen molar-refractivity contribution in [2.75, 3.05) is 25.4 Å². The number of carbonyl (C=O) groups is 1. The van der Waals surface area contributed by atoms with Gasteiger partial charge in [0.1, 0.15) is 13.1 Å². The van der Waals surface area contributed by atoms with Gasteiger partial charge in [-0.25, -0.2) is 0 Å². The Kier molecular flexibility index (Phi) is 4.65. The minimum atomic E-state index is 0.0545. The van der Waals surface area contributed by atoms with Crippen molar-refractivity contribution in [2.45, 2.75) is 12.5 Å². The van der Waals surface area contributed by atoms with Crippen molar-refractivity contribution >= 4 is 18.0 Å². The summed E-state index contributed by atoms with van der Waals surface area (Å²) in [6.45, 7) is 0.291. The summed E-state index contributed by atoms with van der Waals surface area (Å²) in [6, 6.07) is 0. The van der Waals surface area contributed by atoms with Crippen LogP contribution >= 0.6 is 11.8 Å². The molecule has 12 heavy (non-hydrogen) atoms. The molecule has 1 aliphatic rings. The minimum absolute atomic E-state index is 0.0545. The summed E-state index contributed by atoms with van der Waals surface area (Å²) in [6.07, 6.45) is 2.02. The molecule has 0 unspecified atom stereocenters. The molecule has 0 amide bonds. The molecule has 70 valence electrons. The SMILES string of the molecule is COCO[C@@H]1CCSC[C@@H]1C=O. The molecule has 2 atom stereocenters. The van der Waals surface area contributed by atoms with Gasteiger partial charge < -0.3 is 14.3 Å². The number of methoxy groups -OCH3 is 1. The predicted octanol–water partition coefficient (Wildman–Crippen LogP) is 0.927. The largest absolute Gasteiger partial charge is 0.359 e. The smallest absolute Gasteiger partial charge is 0.146 e. The van der Waals surface area contributed by atoms with E-state index in [0.717, 1.165) is 24.2 Å². The van der Waals surface area contributed by atoms with E-state index in [1.165, 1.54) is 0 Å². The van der Waals surface area contributed by atoms with E-state index in [-0.39, 0.29) is 12.0 Å². The topological polar surface area (TPSA) is 35.5 Å². The van der Waals surface area contributed by atoms with Crippen LogP contribution in [0, 0.1) is 5.92 Å². The van der Waals surface area contributed by atoms with Gasteiger partial charge in [-0.3, -0.25) is 0 Å². The molecule has 1 saturated heterocycles. The fraction of sp³-hybridized carbons (Fsp3) is 0.875. The Hall–Kier alpha value is -0.0600. The van der Waals surface area contributed by atoms with Crippen molar-refractivity contribution < 1.29 is 14.3 Å². The van der Waals surface area contributed by atoms with Crippen LogP contribution in [0.1, 0.15) is 6.42 Å². The second kappa shape index (κ2) is 5.56. The molecule has 0 saturated carbocycles. The molecule has 4 heteroatoms. The third kappa shape index (κ3) is 2.77. The molecule has 1 fully saturated rings. The lowest BCUT2D eigenvalue weighted by Crippen LogP contribution is -2.32. The highest BCUT2D eigenvalue weighted by Crippen LogP contribution is 2.24. The zero-order chi connectivity index (χ0) is 8.81. The van der Waals surface area contributed by atoms with Crippen molar-refractivity contribution in [2.24, 2.45) is 5.92 Å². The standard InChI is InChI=1S/C8H14O3S/c1-10-6-11-8-2-3-12-5-7(8)4-9/h4,7-8H,2-3,5-6H2,1H3/t7-,8+/m0/s1. The van der Waals surface area contributed by atoms with Crippen LogP contribution in [-0.4, -0.2) is 37.8 Å². The maximum Gasteiger partial charge on any atom is 0.146 e. The summed E-state index contributed by atoms with van der Waals surface area (Å²) in [5.74, 6) is 2.02. The van der Waals surface area contributed by atoms with Crippen molar-refractivity contribution in [1.29, 1.82) is 0 Å². The van der Waals surface area contributed by atoms with E-state index in [4.69, 9.17) is 9.47 Å². The molecule has 1 heterocycles. The molecule has 3 nitrogen and oxygen atoms in total. The molecule has 1 aliphatic heterocycles. The van der Waals surface area contributed by atoms with Crippen molar-refractivity contribution in [3.8, 4) is 0 Å². The Labute approximate surface area is 76.8 Å². The Morgan fingerprint density at radius 3 is 3.17 bits per heavy atom. The van der Waals surface area contributed by atoms with E-state index in [2.05, 4.69) is 0 Å². The summed E-state index contributed by atoms with van der Waals surface area (Å²) in [4.78, 5) is 10.6. The lowest BCUT2D eigenvalue weighted by atomic mass is 10.0. The molecule has 0 aromatic heterocycles. The van der Waals surface area contributed by atoms with E-state index in [9.17, 15) is 4.79 Å². The molecule has 0 spiro atoms. The maximum absolute atomic E-state index is 10.6. The summed E-state index contributed by atoms with van der Waals surface area (Å²) < 4.78 is 10.2. The second-order valence-corrected chi connectivity index (χ2v) is 3.93. The Balaban J connectivity index is 2.31. The summed E-state index contributed by atoms with van der Waals surface area (Å²) in [5, 5.41) is 0. The summed E-state index contributed by atoms with van der Waals surface area (Å²) in [7, 11) is 1.59. The molecule has 0 aliphatic carbocycles. The van der Waals surface area contributed by atoms with Gasteiger partial charge in [0, 0.05) is 12.9 Å². The normalized spacial score (nSPS) is 30.1. The molecule has 1 rings (SSSR count). The van der Waals surface area contributed by atoms with Gasteiger partial charge in [0.25, 0.3) is 0 Å². The first kappa shape index (κ1) is 10.0. The Morgan fingerprint density at radius 1 is 1.67 bits per heavy atom. The van der Waals surface area contributed by atoms with Gasteiger partial charge in [-0.2, -0.15) is 11.8 Å². The van der Waals surface area contributed by atoms with Gasteiger partial charge in [-0.05, 0) is 12.2 Å². The highest BCUT2D eigenvalue weighted by molar-refractivity contribution is 7.99. The molecule has 0 bridgehead atoms. The number of aldehydes is 1. The van der Waals surface area contributed by atoms with Gasteiger partial charge in [0.15, 0.2) is 0 Å². The minimum Gasteiger partial charge on any atom is -0.359 e. The first-order valence-corrected chi connectivity index (χ1v) is 5.17. The molecular weight excluding hydrogens is 176 g/mol. The van der Waals surface area contributed by atoms with Gasteiger partial charge in [-0.1, -0.05) is 0 Å². The van der Waals surface area contributed by atoms with E-state index >= 15 is 0 Å².